The molecule has 0 unspecified atom stereocenters. The van der Waals surface area contributed by atoms with Crippen LogP contribution in [0.25, 0.3) is 0 Å². The van der Waals surface area contributed by atoms with Crippen molar-refractivity contribution in [3.05, 3.63) is 72.6 Å². The van der Waals surface area contributed by atoms with Gasteiger partial charge in [-0.15, -0.1) is 0 Å². The van der Waals surface area contributed by atoms with Gasteiger partial charge >= 0.3 is 0 Å². The summed E-state index contributed by atoms with van der Waals surface area (Å²) in [5.74, 6) is 0.889. The van der Waals surface area contributed by atoms with Crippen LogP contribution in [0.15, 0.2) is 54.6 Å². The number of ether oxygens (including phenoxy) is 1. The van der Waals surface area contributed by atoms with Crippen molar-refractivity contribution in [2.24, 2.45) is 0 Å². The highest BCUT2D eigenvalue weighted by Gasteiger charge is 1.97. The minimum atomic E-state index is 0.738. The van der Waals surface area contributed by atoms with Crippen LogP contribution in [0, 0.1) is 6.92 Å². The molecule has 0 bridgehead atoms. The van der Waals surface area contributed by atoms with Gasteiger partial charge in [-0.2, -0.15) is 0 Å². The second kappa shape index (κ2) is 6.09. The molecule has 1 radical (unpaired) electrons. The van der Waals surface area contributed by atoms with E-state index in [0.717, 1.165) is 30.8 Å². The number of hydrogen-bond acceptors (Lipinski definition) is 1. The lowest BCUT2D eigenvalue weighted by Crippen LogP contribution is -2.00. The van der Waals surface area contributed by atoms with Crippen LogP contribution in [-0.2, 0) is 6.42 Å². The molecular weight excluding hydrogens is 208 g/mol. The van der Waals surface area contributed by atoms with E-state index in [9.17, 15) is 0 Å². The fraction of sp³-hybridized carbons (Fsp3) is 0.188. The summed E-state index contributed by atoms with van der Waals surface area (Å²) in [5.41, 5.74) is 2.31. The van der Waals surface area contributed by atoms with Crippen molar-refractivity contribution >= 4 is 0 Å². The second-order valence-electron chi connectivity index (χ2n) is 4.05. The number of benzene rings is 2. The van der Waals surface area contributed by atoms with Crippen LogP contribution in [-0.4, -0.2) is 6.61 Å². The van der Waals surface area contributed by atoms with E-state index in [1.54, 1.807) is 0 Å². The van der Waals surface area contributed by atoms with Crippen molar-refractivity contribution in [3.63, 3.8) is 0 Å². The van der Waals surface area contributed by atoms with Gasteiger partial charge in [0, 0.05) is 0 Å². The zero-order valence-electron chi connectivity index (χ0n) is 9.93. The van der Waals surface area contributed by atoms with Gasteiger partial charge in [-0.3, -0.25) is 0 Å². The maximum atomic E-state index is 5.70. The van der Waals surface area contributed by atoms with Gasteiger partial charge in [0.2, 0.25) is 0 Å². The van der Waals surface area contributed by atoms with Gasteiger partial charge in [0.05, 0.1) is 6.61 Å². The van der Waals surface area contributed by atoms with E-state index in [-0.39, 0.29) is 0 Å². The minimum absolute atomic E-state index is 0.738. The average Bonchev–Trinajstić information content (AvgIpc) is 2.38. The van der Waals surface area contributed by atoms with Crippen LogP contribution in [0.3, 0.4) is 0 Å². The van der Waals surface area contributed by atoms with Crippen LogP contribution in [0.1, 0.15) is 17.5 Å². The van der Waals surface area contributed by atoms with Crippen LogP contribution < -0.4 is 4.74 Å². The molecule has 0 saturated carbocycles. The van der Waals surface area contributed by atoms with Gasteiger partial charge in [0.15, 0.2) is 0 Å². The van der Waals surface area contributed by atoms with Crippen LogP contribution >= 0.6 is 0 Å². The second-order valence-corrected chi connectivity index (χ2v) is 4.05. The Kier molecular flexibility index (Phi) is 4.20. The van der Waals surface area contributed by atoms with Crippen LogP contribution in [0.2, 0.25) is 0 Å². The molecule has 1 nitrogen and oxygen atoms in total. The van der Waals surface area contributed by atoms with Gasteiger partial charge in [-0.1, -0.05) is 48.5 Å². The lowest BCUT2D eigenvalue weighted by molar-refractivity contribution is 0.310. The third-order valence-electron chi connectivity index (χ3n) is 2.68. The van der Waals surface area contributed by atoms with Crippen molar-refractivity contribution < 1.29 is 4.74 Å². The molecule has 0 saturated heterocycles. The molecule has 0 aliphatic carbocycles. The molecule has 2 aromatic carbocycles. The molecule has 2 aromatic rings. The Morgan fingerprint density at radius 1 is 0.882 bits per heavy atom. The SMILES string of the molecule is [CH2]c1ccccc1OCCCc1ccccc1. The van der Waals surface area contributed by atoms with Crippen molar-refractivity contribution in [3.8, 4) is 5.75 Å². The summed E-state index contributed by atoms with van der Waals surface area (Å²) in [4.78, 5) is 0. The molecule has 1 heteroatoms. The molecule has 0 spiro atoms. The molecule has 0 amide bonds. The maximum Gasteiger partial charge on any atom is 0.122 e. The predicted molar refractivity (Wildman–Crippen MR) is 71.2 cm³/mol. The molecule has 0 aromatic heterocycles. The van der Waals surface area contributed by atoms with E-state index in [4.69, 9.17) is 4.74 Å². The van der Waals surface area contributed by atoms with E-state index < -0.39 is 0 Å². The number of rotatable bonds is 5. The lowest BCUT2D eigenvalue weighted by Gasteiger charge is -2.08. The highest BCUT2D eigenvalue weighted by molar-refractivity contribution is 5.35. The summed E-state index contributed by atoms with van der Waals surface area (Å²) in [6.07, 6.45) is 2.08. The Bertz CT molecular complexity index is 448. The van der Waals surface area contributed by atoms with Gasteiger partial charge in [0.25, 0.3) is 0 Å². The average molecular weight is 225 g/mol. The van der Waals surface area contributed by atoms with E-state index in [0.29, 0.717) is 0 Å². The summed E-state index contributed by atoms with van der Waals surface area (Å²) in [5, 5.41) is 0. The molecule has 87 valence electrons. The molecule has 2 rings (SSSR count). The fourth-order valence-electron chi connectivity index (χ4n) is 1.75. The highest BCUT2D eigenvalue weighted by Crippen LogP contribution is 2.16. The third kappa shape index (κ3) is 3.63. The van der Waals surface area contributed by atoms with E-state index in [2.05, 4.69) is 31.2 Å². The first-order chi connectivity index (χ1) is 8.36. The standard InChI is InChI=1S/C16H17O/c1-14-8-5-6-12-16(14)17-13-7-11-15-9-3-2-4-10-15/h2-6,8-10,12H,1,7,11,13H2. The Balaban J connectivity index is 1.76. The Labute approximate surface area is 103 Å². The van der Waals surface area contributed by atoms with Gasteiger partial charge in [-0.05, 0) is 37.0 Å². The molecule has 0 heterocycles. The molecule has 0 fully saturated rings. The molecule has 0 atom stereocenters. The van der Waals surface area contributed by atoms with Gasteiger partial charge < -0.3 is 4.74 Å². The van der Waals surface area contributed by atoms with E-state index in [1.807, 2.05) is 30.3 Å². The summed E-state index contributed by atoms with van der Waals surface area (Å²) >= 11 is 0. The van der Waals surface area contributed by atoms with Crippen molar-refractivity contribution in [1.29, 1.82) is 0 Å². The number of aryl methyl sites for hydroxylation is 1. The van der Waals surface area contributed by atoms with E-state index in [1.165, 1.54) is 5.56 Å². The van der Waals surface area contributed by atoms with Crippen LogP contribution in [0.4, 0.5) is 0 Å². The molecule has 0 aliphatic heterocycles. The molecule has 0 N–H and O–H groups in total. The first-order valence-corrected chi connectivity index (χ1v) is 5.94. The van der Waals surface area contributed by atoms with Gasteiger partial charge in [-0.25, -0.2) is 0 Å². The van der Waals surface area contributed by atoms with Gasteiger partial charge in [0.1, 0.15) is 5.75 Å². The largest absolute Gasteiger partial charge is 0.493 e. The van der Waals surface area contributed by atoms with Crippen LogP contribution in [0.5, 0.6) is 5.75 Å². The molecule has 17 heavy (non-hydrogen) atoms. The normalized spacial score (nSPS) is 10.2. The zero-order valence-corrected chi connectivity index (χ0v) is 9.93. The zero-order chi connectivity index (χ0) is 11.9. The quantitative estimate of drug-likeness (QED) is 0.702. The topological polar surface area (TPSA) is 9.23 Å². The summed E-state index contributed by atoms with van der Waals surface area (Å²) in [7, 11) is 0. The smallest absolute Gasteiger partial charge is 0.122 e. The summed E-state index contributed by atoms with van der Waals surface area (Å²) < 4.78 is 5.70. The Morgan fingerprint density at radius 2 is 1.59 bits per heavy atom. The Hall–Kier alpha value is -1.76. The summed E-state index contributed by atoms with van der Waals surface area (Å²) in [6.45, 7) is 4.67. The lowest BCUT2D eigenvalue weighted by atomic mass is 10.1. The highest BCUT2D eigenvalue weighted by atomic mass is 16.5. The van der Waals surface area contributed by atoms with Crippen molar-refractivity contribution in [2.45, 2.75) is 12.8 Å². The first kappa shape index (κ1) is 11.7. The summed E-state index contributed by atoms with van der Waals surface area (Å²) in [6, 6.07) is 18.4. The molecule has 0 aliphatic rings. The minimum Gasteiger partial charge on any atom is -0.493 e. The van der Waals surface area contributed by atoms with E-state index >= 15 is 0 Å². The fourth-order valence-corrected chi connectivity index (χ4v) is 1.75. The first-order valence-electron chi connectivity index (χ1n) is 5.94. The number of para-hydroxylation sites is 1. The predicted octanol–water partition coefficient (Wildman–Crippen LogP) is 3.88. The van der Waals surface area contributed by atoms with Crippen molar-refractivity contribution in [1.82, 2.24) is 0 Å². The Morgan fingerprint density at radius 3 is 2.35 bits per heavy atom. The maximum absolute atomic E-state index is 5.70. The molecular formula is C16H17O. The number of hydrogen-bond donors (Lipinski definition) is 0. The third-order valence-corrected chi connectivity index (χ3v) is 2.68. The van der Waals surface area contributed by atoms with Crippen molar-refractivity contribution in [2.75, 3.05) is 6.61 Å². The monoisotopic (exact) mass is 225 g/mol.